The Hall–Kier alpha value is -2.46. The molecule has 33 heavy (non-hydrogen) atoms. The molecule has 0 unspecified atom stereocenters. The first-order valence-corrected chi connectivity index (χ1v) is 11.8. The van der Waals surface area contributed by atoms with Gasteiger partial charge in [0, 0.05) is 64.5 Å². The molecule has 2 saturated heterocycles. The molecule has 0 aromatic heterocycles. The maximum absolute atomic E-state index is 13.6. The smallest absolute Gasteiger partial charge is 0.277 e. The molecule has 0 bridgehead atoms. The van der Waals surface area contributed by atoms with Crippen LogP contribution >= 0.6 is 0 Å². The predicted octanol–water partition coefficient (Wildman–Crippen LogP) is 0.107. The number of rotatable bonds is 9. The van der Waals surface area contributed by atoms with E-state index in [4.69, 9.17) is 9.47 Å². The number of nitrogens with zero attached hydrogens (tertiary/aromatic N) is 4. The molecule has 180 valence electrons. The van der Waals surface area contributed by atoms with E-state index in [1.54, 1.807) is 7.11 Å². The van der Waals surface area contributed by atoms with Crippen LogP contribution < -0.4 is 4.74 Å². The van der Waals surface area contributed by atoms with Gasteiger partial charge in [0.1, 0.15) is 11.4 Å². The predicted molar refractivity (Wildman–Crippen MR) is 124 cm³/mol. The van der Waals surface area contributed by atoms with Crippen LogP contribution in [0.1, 0.15) is 12.0 Å². The summed E-state index contributed by atoms with van der Waals surface area (Å²) in [7, 11) is 1.58. The van der Waals surface area contributed by atoms with E-state index < -0.39 is 0 Å². The van der Waals surface area contributed by atoms with Gasteiger partial charge in [-0.25, -0.2) is 0 Å². The van der Waals surface area contributed by atoms with Crippen LogP contribution in [0.2, 0.25) is 0 Å². The number of methoxy groups -OCH3 is 1. The van der Waals surface area contributed by atoms with Crippen LogP contribution in [0, 0.1) is 0 Å². The lowest BCUT2D eigenvalue weighted by Gasteiger charge is -2.36. The Morgan fingerprint density at radius 2 is 1.61 bits per heavy atom. The summed E-state index contributed by atoms with van der Waals surface area (Å²) in [6.07, 6.45) is 0.730. The standard InChI is InChI=1S/C24H34N4O5/c1-32-20-6-3-2-5-19(20)21-22(27-11-9-26(10-12-27)13-16-29)24(31)28(23(21)30)8-4-7-25-14-17-33-18-15-25/h2-3,5-6,29H,4,7-18H2,1H3. The molecule has 9 heteroatoms. The second-order valence-electron chi connectivity index (χ2n) is 8.55. The van der Waals surface area contributed by atoms with Crippen LogP contribution in [0.4, 0.5) is 0 Å². The van der Waals surface area contributed by atoms with E-state index in [0.29, 0.717) is 48.8 Å². The Bertz CT molecular complexity index is 875. The molecule has 3 aliphatic heterocycles. The Morgan fingerprint density at radius 1 is 0.909 bits per heavy atom. The van der Waals surface area contributed by atoms with Crippen LogP contribution in [-0.2, 0) is 14.3 Å². The highest BCUT2D eigenvalue weighted by molar-refractivity contribution is 6.36. The summed E-state index contributed by atoms with van der Waals surface area (Å²) in [4.78, 5) is 35.0. The fourth-order valence-electron chi connectivity index (χ4n) is 4.77. The molecule has 0 saturated carbocycles. The quantitative estimate of drug-likeness (QED) is 0.522. The topological polar surface area (TPSA) is 85.8 Å². The zero-order valence-corrected chi connectivity index (χ0v) is 19.4. The van der Waals surface area contributed by atoms with Crippen molar-refractivity contribution >= 4 is 17.4 Å². The highest BCUT2D eigenvalue weighted by Gasteiger charge is 2.42. The molecule has 0 aliphatic carbocycles. The lowest BCUT2D eigenvalue weighted by molar-refractivity contribution is -0.137. The van der Waals surface area contributed by atoms with Gasteiger partial charge in [0.15, 0.2) is 0 Å². The molecule has 3 heterocycles. The number of piperazine rings is 1. The highest BCUT2D eigenvalue weighted by atomic mass is 16.5. The van der Waals surface area contributed by atoms with E-state index in [9.17, 15) is 14.7 Å². The first kappa shape index (κ1) is 23.7. The van der Waals surface area contributed by atoms with Gasteiger partial charge in [0.2, 0.25) is 0 Å². The third-order valence-electron chi connectivity index (χ3n) is 6.58. The molecule has 0 spiro atoms. The lowest BCUT2D eigenvalue weighted by Crippen LogP contribution is -2.48. The Kier molecular flexibility index (Phi) is 7.97. The van der Waals surface area contributed by atoms with Gasteiger partial charge in [0.05, 0.1) is 32.5 Å². The fraction of sp³-hybridized carbons (Fsp3) is 0.583. The first-order valence-electron chi connectivity index (χ1n) is 11.8. The van der Waals surface area contributed by atoms with E-state index in [2.05, 4.69) is 9.80 Å². The SMILES string of the molecule is COc1ccccc1C1=C(N2CCN(CCO)CC2)C(=O)N(CCCN2CCOCC2)C1=O. The van der Waals surface area contributed by atoms with Gasteiger partial charge in [-0.15, -0.1) is 0 Å². The van der Waals surface area contributed by atoms with Crippen molar-refractivity contribution in [3.8, 4) is 5.75 Å². The van der Waals surface area contributed by atoms with Crippen LogP contribution in [0.5, 0.6) is 5.75 Å². The Morgan fingerprint density at radius 3 is 2.30 bits per heavy atom. The Labute approximate surface area is 195 Å². The van der Waals surface area contributed by atoms with Crippen LogP contribution in [0.3, 0.4) is 0 Å². The molecule has 1 aromatic rings. The van der Waals surface area contributed by atoms with Crippen molar-refractivity contribution in [1.29, 1.82) is 0 Å². The lowest BCUT2D eigenvalue weighted by atomic mass is 10.0. The van der Waals surface area contributed by atoms with Gasteiger partial charge in [-0.3, -0.25) is 24.3 Å². The molecule has 1 N–H and O–H groups in total. The van der Waals surface area contributed by atoms with E-state index in [1.165, 1.54) is 4.90 Å². The maximum atomic E-state index is 13.6. The summed E-state index contributed by atoms with van der Waals surface area (Å²) >= 11 is 0. The summed E-state index contributed by atoms with van der Waals surface area (Å²) in [5, 5.41) is 9.24. The minimum absolute atomic E-state index is 0.115. The van der Waals surface area contributed by atoms with Crippen molar-refractivity contribution in [2.75, 3.05) is 85.8 Å². The highest BCUT2D eigenvalue weighted by Crippen LogP contribution is 2.36. The van der Waals surface area contributed by atoms with Crippen molar-refractivity contribution < 1.29 is 24.2 Å². The number of hydrogen-bond acceptors (Lipinski definition) is 8. The largest absolute Gasteiger partial charge is 0.496 e. The van der Waals surface area contributed by atoms with Crippen LogP contribution in [0.25, 0.3) is 5.57 Å². The number of aliphatic hydroxyl groups is 1. The van der Waals surface area contributed by atoms with Gasteiger partial charge >= 0.3 is 0 Å². The van der Waals surface area contributed by atoms with Crippen LogP contribution in [0.15, 0.2) is 30.0 Å². The molecule has 9 nitrogen and oxygen atoms in total. The maximum Gasteiger partial charge on any atom is 0.277 e. The van der Waals surface area contributed by atoms with Crippen molar-refractivity contribution in [3.05, 3.63) is 35.5 Å². The van der Waals surface area contributed by atoms with Gasteiger partial charge < -0.3 is 19.5 Å². The van der Waals surface area contributed by atoms with Gasteiger partial charge in [-0.2, -0.15) is 0 Å². The minimum Gasteiger partial charge on any atom is -0.496 e. The van der Waals surface area contributed by atoms with E-state index >= 15 is 0 Å². The normalized spacial score (nSPS) is 20.8. The zero-order chi connectivity index (χ0) is 23.2. The third-order valence-corrected chi connectivity index (χ3v) is 6.58. The number of carbonyl (C=O) groups is 2. The third kappa shape index (κ3) is 5.22. The number of carbonyl (C=O) groups excluding carboxylic acids is 2. The van der Waals surface area contributed by atoms with Crippen molar-refractivity contribution in [2.24, 2.45) is 0 Å². The summed E-state index contributed by atoms with van der Waals surface area (Å²) < 4.78 is 10.9. The molecular weight excluding hydrogens is 424 g/mol. The summed E-state index contributed by atoms with van der Waals surface area (Å²) in [5.41, 5.74) is 1.56. The Balaban J connectivity index is 1.55. The van der Waals surface area contributed by atoms with E-state index in [-0.39, 0.29) is 18.4 Å². The second-order valence-corrected chi connectivity index (χ2v) is 8.55. The monoisotopic (exact) mass is 458 g/mol. The number of β-amino-alcohol motifs (C(OH)–C–C–N with tert-alkyl or cyclic N) is 1. The number of benzene rings is 1. The van der Waals surface area contributed by atoms with E-state index in [1.807, 2.05) is 29.2 Å². The minimum atomic E-state index is -0.251. The number of ether oxygens (including phenoxy) is 2. The number of hydrogen-bond donors (Lipinski definition) is 1. The average molecular weight is 459 g/mol. The number of amides is 2. The second kappa shape index (κ2) is 11.1. The van der Waals surface area contributed by atoms with Gasteiger partial charge in [-0.05, 0) is 12.5 Å². The first-order chi connectivity index (χ1) is 16.1. The zero-order valence-electron chi connectivity index (χ0n) is 19.4. The summed E-state index contributed by atoms with van der Waals surface area (Å²) in [6.45, 7) is 7.93. The van der Waals surface area contributed by atoms with Gasteiger partial charge in [0.25, 0.3) is 11.8 Å². The molecule has 2 amide bonds. The van der Waals surface area contributed by atoms with Crippen molar-refractivity contribution in [3.63, 3.8) is 0 Å². The number of para-hydroxylation sites is 1. The molecule has 3 aliphatic rings. The molecule has 0 atom stereocenters. The molecular formula is C24H34N4O5. The molecule has 4 rings (SSSR count). The molecule has 0 radical (unpaired) electrons. The van der Waals surface area contributed by atoms with Crippen molar-refractivity contribution in [2.45, 2.75) is 6.42 Å². The van der Waals surface area contributed by atoms with E-state index in [0.717, 1.165) is 52.4 Å². The molecule has 2 fully saturated rings. The van der Waals surface area contributed by atoms with Gasteiger partial charge in [-0.1, -0.05) is 18.2 Å². The fourth-order valence-corrected chi connectivity index (χ4v) is 4.77. The summed E-state index contributed by atoms with van der Waals surface area (Å²) in [5.74, 6) is 0.109. The van der Waals surface area contributed by atoms with Crippen LogP contribution in [-0.4, -0.2) is 122 Å². The average Bonchev–Trinajstić information content (AvgIpc) is 3.10. The van der Waals surface area contributed by atoms with Crippen molar-refractivity contribution in [1.82, 2.24) is 19.6 Å². The number of morpholine rings is 1. The summed E-state index contributed by atoms with van der Waals surface area (Å²) in [6, 6.07) is 7.38. The number of aliphatic hydroxyl groups excluding tert-OH is 1. The molecule has 1 aromatic carbocycles. The number of imide groups is 1.